The third kappa shape index (κ3) is 8.23. The number of pyridine rings is 1. The Hall–Kier alpha value is -6.31. The first kappa shape index (κ1) is 42.0. The molecule has 0 saturated carbocycles. The molecule has 2 aromatic heterocycles. The van der Waals surface area contributed by atoms with Gasteiger partial charge in [-0.3, -0.25) is 29.2 Å². The van der Waals surface area contributed by atoms with E-state index >= 15 is 8.78 Å². The van der Waals surface area contributed by atoms with Gasteiger partial charge in [0.25, 0.3) is 5.91 Å². The lowest BCUT2D eigenvalue weighted by Gasteiger charge is -2.61. The number of rotatable bonds is 13. The predicted octanol–water partition coefficient (Wildman–Crippen LogP) is 4.35. The average molecular weight is 885 g/mol. The summed E-state index contributed by atoms with van der Waals surface area (Å²) in [5.41, 5.74) is 2.74. The number of carbonyl (C=O) groups excluding carboxylic acids is 4. The number of imide groups is 1. The van der Waals surface area contributed by atoms with Gasteiger partial charge in [0.2, 0.25) is 17.6 Å². The number of carbonyl (C=O) groups is 4. The number of nitrogens with one attached hydrogen (secondary N) is 4. The summed E-state index contributed by atoms with van der Waals surface area (Å²) >= 11 is 0. The number of amides is 3. The van der Waals surface area contributed by atoms with E-state index in [1.165, 1.54) is 13.3 Å². The second-order valence-corrected chi connectivity index (χ2v) is 18.3. The molecule has 328 valence electrons. The number of aromatic nitrogens is 2. The van der Waals surface area contributed by atoms with Crippen molar-refractivity contribution in [3.05, 3.63) is 107 Å². The van der Waals surface area contributed by atoms with Crippen LogP contribution in [0.2, 0.25) is 0 Å². The van der Waals surface area contributed by atoms with Crippen molar-refractivity contribution in [2.24, 2.45) is 5.41 Å². The zero-order chi connectivity index (χ0) is 44.2. The number of hydrogen-bond donors (Lipinski definition) is 4. The number of nitrogens with zero attached hydrogens (tertiary/aromatic N) is 4. The van der Waals surface area contributed by atoms with Crippen molar-refractivity contribution in [2.75, 3.05) is 62.5 Å². The highest BCUT2D eigenvalue weighted by Gasteiger charge is 2.51. The van der Waals surface area contributed by atoms with E-state index in [1.807, 2.05) is 41.1 Å². The minimum Gasteiger partial charge on any atom is -0.496 e. The summed E-state index contributed by atoms with van der Waals surface area (Å²) < 4.78 is 78.4. The van der Waals surface area contributed by atoms with Gasteiger partial charge in [-0.05, 0) is 60.7 Å². The molecule has 9 rings (SSSR count). The first-order valence-corrected chi connectivity index (χ1v) is 21.9. The first-order chi connectivity index (χ1) is 30.2. The van der Waals surface area contributed by atoms with E-state index in [0.29, 0.717) is 27.9 Å². The highest BCUT2D eigenvalue weighted by molar-refractivity contribution is 7.90. The van der Waals surface area contributed by atoms with Gasteiger partial charge in [-0.1, -0.05) is 24.3 Å². The van der Waals surface area contributed by atoms with Crippen molar-refractivity contribution in [2.45, 2.75) is 37.9 Å². The number of ketones is 1. The molecule has 4 saturated heterocycles. The molecule has 3 aromatic carbocycles. The van der Waals surface area contributed by atoms with Crippen molar-refractivity contribution >= 4 is 56.1 Å². The fourth-order valence-corrected chi connectivity index (χ4v) is 10.2. The zero-order valence-electron chi connectivity index (χ0n) is 34.0. The number of piperidine rings is 1. The number of likely N-dealkylation sites (tertiary alicyclic amines) is 1. The third-order valence-corrected chi connectivity index (χ3v) is 13.8. The normalized spacial score (nSPS) is 20.0. The molecule has 5 aromatic rings. The van der Waals surface area contributed by atoms with Crippen LogP contribution in [0.1, 0.15) is 51.1 Å². The Bertz CT molecular complexity index is 2770. The Morgan fingerprint density at radius 3 is 2.46 bits per heavy atom. The van der Waals surface area contributed by atoms with Crippen molar-refractivity contribution in [3.63, 3.8) is 0 Å². The van der Waals surface area contributed by atoms with Crippen molar-refractivity contribution in [1.82, 2.24) is 29.8 Å². The van der Waals surface area contributed by atoms with Gasteiger partial charge < -0.3 is 24.8 Å². The second-order valence-electron chi connectivity index (χ2n) is 16.7. The number of halogens is 3. The number of H-pyrrole nitrogens is 1. The Morgan fingerprint density at radius 1 is 0.968 bits per heavy atom. The van der Waals surface area contributed by atoms with Gasteiger partial charge in [-0.2, -0.15) is 12.7 Å². The summed E-state index contributed by atoms with van der Waals surface area (Å²) in [6, 6.07) is 16.0. The monoisotopic (exact) mass is 884 g/mol. The molecule has 15 nitrogen and oxygen atoms in total. The van der Waals surface area contributed by atoms with Crippen LogP contribution in [0.15, 0.2) is 73.1 Å². The first-order valence-electron chi connectivity index (χ1n) is 20.5. The molecule has 63 heavy (non-hydrogen) atoms. The number of fused-ring (bicyclic) bond motifs is 1. The lowest BCUT2D eigenvalue weighted by Crippen LogP contribution is -2.72. The van der Waals surface area contributed by atoms with E-state index in [4.69, 9.17) is 4.74 Å². The fourth-order valence-electron chi connectivity index (χ4n) is 8.92. The Kier molecular flexibility index (Phi) is 11.0. The summed E-state index contributed by atoms with van der Waals surface area (Å²) in [6.45, 7) is 4.05. The van der Waals surface area contributed by atoms with Gasteiger partial charge in [0.05, 0.1) is 23.9 Å². The summed E-state index contributed by atoms with van der Waals surface area (Å²) in [5.74, 6) is -4.49. The number of hydrogen-bond acceptors (Lipinski definition) is 10. The second kappa shape index (κ2) is 16.4. The van der Waals surface area contributed by atoms with Crippen molar-refractivity contribution < 1.29 is 45.5 Å². The summed E-state index contributed by atoms with van der Waals surface area (Å²) in [6.07, 6.45) is 2.82. The lowest BCUT2D eigenvalue weighted by atomic mass is 9.72. The van der Waals surface area contributed by atoms with Crippen LogP contribution in [0.5, 0.6) is 5.75 Å². The van der Waals surface area contributed by atoms with Crippen molar-refractivity contribution in [3.8, 4) is 16.9 Å². The van der Waals surface area contributed by atoms with Gasteiger partial charge in [0.1, 0.15) is 29.4 Å². The topological polar surface area (TPSA) is 186 Å². The molecule has 4 N–H and O–H groups in total. The summed E-state index contributed by atoms with van der Waals surface area (Å²) in [4.78, 5) is 62.2. The van der Waals surface area contributed by atoms with Crippen LogP contribution in [0.3, 0.4) is 0 Å². The van der Waals surface area contributed by atoms with Gasteiger partial charge in [-0.25, -0.2) is 18.2 Å². The van der Waals surface area contributed by atoms with Gasteiger partial charge in [0.15, 0.2) is 5.82 Å². The van der Waals surface area contributed by atoms with Crippen LogP contribution in [-0.2, 0) is 26.2 Å². The molecule has 1 spiro atoms. The number of aromatic amines is 1. The van der Waals surface area contributed by atoms with Crippen molar-refractivity contribution in [1.29, 1.82) is 0 Å². The van der Waals surface area contributed by atoms with E-state index in [-0.39, 0.29) is 42.7 Å². The SMILES string of the molecule is COc1cc(N2CC3(CN(CCc4ccc(-c5cnc6[nH]cc(C(=O)c7c(F)ccc(NS(=O)(=O)N8CC[C@@H](F)C8)c7F)c6c5)cc4)C3)C2)ccc1C(=O)NC1CCC(=O)NC1=O. The van der Waals surface area contributed by atoms with Crippen LogP contribution in [-0.4, -0.2) is 116 Å². The number of benzene rings is 3. The van der Waals surface area contributed by atoms with E-state index in [0.717, 1.165) is 72.4 Å². The van der Waals surface area contributed by atoms with E-state index in [9.17, 15) is 32.0 Å². The van der Waals surface area contributed by atoms with E-state index < -0.39 is 69.5 Å². The molecule has 0 aliphatic carbocycles. The molecular weight excluding hydrogens is 842 g/mol. The molecule has 4 fully saturated rings. The van der Waals surface area contributed by atoms with Crippen LogP contribution in [0.4, 0.5) is 24.5 Å². The summed E-state index contributed by atoms with van der Waals surface area (Å²) in [5, 5.41) is 5.27. The fraction of sp³-hybridized carbons (Fsp3) is 0.341. The molecular formula is C44H43F3N8O7S. The highest BCUT2D eigenvalue weighted by Crippen LogP contribution is 2.43. The van der Waals surface area contributed by atoms with Crippen LogP contribution < -0.4 is 25.0 Å². The summed E-state index contributed by atoms with van der Waals surface area (Å²) in [7, 11) is -2.86. The predicted molar refractivity (Wildman–Crippen MR) is 226 cm³/mol. The maximum atomic E-state index is 15.7. The molecule has 1 unspecified atom stereocenters. The molecule has 4 aliphatic heterocycles. The number of methoxy groups -OCH3 is 1. The largest absolute Gasteiger partial charge is 0.496 e. The quantitative estimate of drug-likeness (QED) is 0.0980. The van der Waals surface area contributed by atoms with Crippen LogP contribution in [0, 0.1) is 17.0 Å². The molecule has 4 aliphatic rings. The Balaban J connectivity index is 0.790. The maximum absolute atomic E-state index is 15.7. The minimum atomic E-state index is -4.36. The van der Waals surface area contributed by atoms with Crippen LogP contribution in [0.25, 0.3) is 22.2 Å². The van der Waals surface area contributed by atoms with Gasteiger partial charge in [0, 0.05) is 98.3 Å². The number of anilines is 2. The minimum absolute atomic E-state index is 0.000556. The third-order valence-electron chi connectivity index (χ3n) is 12.3. The maximum Gasteiger partial charge on any atom is 0.301 e. The van der Waals surface area contributed by atoms with Gasteiger partial charge in [-0.15, -0.1) is 0 Å². The molecule has 3 amide bonds. The molecule has 2 atom stereocenters. The number of alkyl halides is 1. The number of ether oxygens (including phenoxy) is 1. The standard InChI is InChI=1S/C44H43F3N8O7S/c1-62-36-17-29(6-7-30(36)42(58)50-35-10-11-37(56)51-43(35)59)54-23-44(24-54)21-53(22-44)14-12-25-2-4-26(5-3-25)27-16-31-32(19-49-41(31)48-18-27)40(57)38-33(46)8-9-34(39(38)47)52-63(60,61)55-15-13-28(45)20-55/h2-9,16-19,28,35,52H,10-15,20-24H2,1H3,(H,48,49)(H,50,58)(H,51,56,59)/t28-,35?/m1/s1. The molecule has 6 heterocycles. The molecule has 0 radical (unpaired) electrons. The lowest BCUT2D eigenvalue weighted by molar-refractivity contribution is -0.134. The highest BCUT2D eigenvalue weighted by atomic mass is 32.2. The van der Waals surface area contributed by atoms with E-state index in [2.05, 4.69) is 30.4 Å². The van der Waals surface area contributed by atoms with Gasteiger partial charge >= 0.3 is 10.2 Å². The van der Waals surface area contributed by atoms with E-state index in [1.54, 1.807) is 18.3 Å². The average Bonchev–Trinajstić information content (AvgIpc) is 3.88. The van der Waals surface area contributed by atoms with Crippen LogP contribution >= 0.6 is 0 Å². The molecule has 19 heteroatoms. The zero-order valence-corrected chi connectivity index (χ0v) is 34.9. The Labute approximate surface area is 360 Å². The smallest absolute Gasteiger partial charge is 0.301 e. The Morgan fingerprint density at radius 2 is 1.75 bits per heavy atom. The molecule has 0 bridgehead atoms.